The predicted octanol–water partition coefficient (Wildman–Crippen LogP) is 7.16. The third-order valence-corrected chi connectivity index (χ3v) is 10.4. The van der Waals surface area contributed by atoms with E-state index in [4.69, 9.17) is 9.47 Å². The molecule has 3 aliphatic rings. The van der Waals surface area contributed by atoms with Crippen LogP contribution in [0.2, 0.25) is 0 Å². The summed E-state index contributed by atoms with van der Waals surface area (Å²) in [4.78, 5) is 16.3. The molecule has 0 aromatic heterocycles. The lowest BCUT2D eigenvalue weighted by molar-refractivity contribution is -0.206. The number of carbonyl (C=O) groups excluding carboxylic acids is 1. The van der Waals surface area contributed by atoms with Crippen molar-refractivity contribution in [2.45, 2.75) is 66.4 Å². The van der Waals surface area contributed by atoms with Crippen LogP contribution in [0.25, 0.3) is 0 Å². The summed E-state index contributed by atoms with van der Waals surface area (Å²) < 4.78 is 12.1. The Morgan fingerprint density at radius 2 is 1.58 bits per heavy atom. The number of aryl methyl sites for hydroxylation is 2. The van der Waals surface area contributed by atoms with Crippen molar-refractivity contribution >= 4 is 16.9 Å². The van der Waals surface area contributed by atoms with Crippen molar-refractivity contribution in [2.24, 2.45) is 17.8 Å². The van der Waals surface area contributed by atoms with E-state index in [0.717, 1.165) is 37.9 Å². The summed E-state index contributed by atoms with van der Waals surface area (Å²) in [5.41, 5.74) is 3.94. The van der Waals surface area contributed by atoms with Crippen molar-refractivity contribution in [1.82, 2.24) is 0 Å². The van der Waals surface area contributed by atoms with Crippen LogP contribution in [0.1, 0.15) is 42.4 Å². The van der Waals surface area contributed by atoms with Gasteiger partial charge in [-0.15, -0.1) is 0 Å². The molecule has 184 valence electrons. The van der Waals surface area contributed by atoms with Crippen LogP contribution in [0.15, 0.2) is 99.8 Å². The zero-order valence-corrected chi connectivity index (χ0v) is 21.9. The van der Waals surface area contributed by atoms with Gasteiger partial charge < -0.3 is 9.47 Å². The number of fused-ring (bicyclic) bond motifs is 1. The summed E-state index contributed by atoms with van der Waals surface area (Å²) in [7, 11) is -0.157. The minimum Gasteiger partial charge on any atom is -0.457 e. The minimum atomic E-state index is -0.741. The van der Waals surface area contributed by atoms with Crippen molar-refractivity contribution in [3.05, 3.63) is 102 Å². The summed E-state index contributed by atoms with van der Waals surface area (Å²) in [5, 5.41) is 0. The molecule has 2 bridgehead atoms. The molecule has 1 saturated heterocycles. The van der Waals surface area contributed by atoms with Crippen LogP contribution in [0.3, 0.4) is 0 Å². The van der Waals surface area contributed by atoms with E-state index < -0.39 is 5.79 Å². The minimum absolute atomic E-state index is 0.0385. The van der Waals surface area contributed by atoms with Crippen molar-refractivity contribution < 1.29 is 14.3 Å². The van der Waals surface area contributed by atoms with Gasteiger partial charge in [0.15, 0.2) is 14.7 Å². The fourth-order valence-corrected chi connectivity index (χ4v) is 8.92. The maximum absolute atomic E-state index is 12.3. The monoisotopic (exact) mass is 497 g/mol. The van der Waals surface area contributed by atoms with E-state index in [9.17, 15) is 4.79 Å². The van der Waals surface area contributed by atoms with E-state index in [2.05, 4.69) is 93.2 Å². The van der Waals surface area contributed by atoms with Gasteiger partial charge in [0.1, 0.15) is 0 Å². The lowest BCUT2D eigenvalue weighted by Gasteiger charge is -2.32. The van der Waals surface area contributed by atoms with Crippen LogP contribution in [-0.4, -0.2) is 11.8 Å². The molecule has 0 amide bonds. The Kier molecular flexibility index (Phi) is 5.95. The second-order valence-corrected chi connectivity index (χ2v) is 12.6. The molecule has 2 saturated carbocycles. The molecule has 6 rings (SSSR count). The number of benzene rings is 3. The van der Waals surface area contributed by atoms with Gasteiger partial charge in [0.25, 0.3) is 5.79 Å². The fourth-order valence-electron chi connectivity index (χ4n) is 6.66. The number of esters is 1. The SMILES string of the molecule is C=C(CCc1c(C)cc([S+](c2ccccc2)c2ccccc2)cc1C)OC12CC3CC(C(=O)O1)C2C3. The molecule has 1 aliphatic heterocycles. The standard InChI is InChI=1S/C32H33O3S/c1-21-16-27(36(25-10-6-4-7-11-25)26-12-8-5-9-13-26)17-22(2)28(21)15-14-23(3)34-32-20-24-18-29(30(32)19-24)31(33)35-32/h4-13,16-17,24,29-30H,3,14-15,18-20H2,1-2H3/q+1. The average Bonchev–Trinajstić information content (AvgIpc) is 3.47. The molecule has 4 unspecified atom stereocenters. The third kappa shape index (κ3) is 4.06. The van der Waals surface area contributed by atoms with Gasteiger partial charge in [-0.2, -0.15) is 0 Å². The molecule has 36 heavy (non-hydrogen) atoms. The van der Waals surface area contributed by atoms with Gasteiger partial charge in [0.05, 0.1) is 22.6 Å². The zero-order valence-electron chi connectivity index (χ0n) is 21.0. The van der Waals surface area contributed by atoms with E-state index in [1.54, 1.807) is 0 Å². The molecular weight excluding hydrogens is 464 g/mol. The second kappa shape index (κ2) is 9.15. The summed E-state index contributed by atoms with van der Waals surface area (Å²) in [6.45, 7) is 8.65. The topological polar surface area (TPSA) is 35.5 Å². The van der Waals surface area contributed by atoms with Crippen LogP contribution in [0.5, 0.6) is 0 Å². The Labute approximate surface area is 216 Å². The molecule has 3 nitrogen and oxygen atoms in total. The van der Waals surface area contributed by atoms with Gasteiger partial charge in [-0.25, -0.2) is 0 Å². The van der Waals surface area contributed by atoms with Gasteiger partial charge in [-0.3, -0.25) is 4.79 Å². The third-order valence-electron chi connectivity index (χ3n) is 8.21. The number of hydrogen-bond acceptors (Lipinski definition) is 3. The Balaban J connectivity index is 1.20. The van der Waals surface area contributed by atoms with Gasteiger partial charge in [0.2, 0.25) is 0 Å². The average molecular weight is 498 g/mol. The van der Waals surface area contributed by atoms with Gasteiger partial charge in [-0.05, 0) is 92.1 Å². The van der Waals surface area contributed by atoms with E-state index in [1.807, 2.05) is 0 Å². The van der Waals surface area contributed by atoms with E-state index in [0.29, 0.717) is 5.92 Å². The molecule has 0 spiro atoms. The first-order valence-corrected chi connectivity index (χ1v) is 14.2. The Hall–Kier alpha value is -2.98. The van der Waals surface area contributed by atoms with Crippen LogP contribution in [0.4, 0.5) is 0 Å². The molecule has 3 aromatic rings. The second-order valence-electron chi connectivity index (χ2n) is 10.6. The highest BCUT2D eigenvalue weighted by molar-refractivity contribution is 7.97. The number of ether oxygens (including phenoxy) is 2. The number of rotatable bonds is 8. The summed E-state index contributed by atoms with van der Waals surface area (Å²) in [6.07, 6.45) is 4.44. The van der Waals surface area contributed by atoms with Crippen molar-refractivity contribution in [2.75, 3.05) is 0 Å². The van der Waals surface area contributed by atoms with Crippen molar-refractivity contribution in [3.8, 4) is 0 Å². The molecule has 2 aliphatic carbocycles. The molecule has 3 fully saturated rings. The highest BCUT2D eigenvalue weighted by Gasteiger charge is 2.67. The lowest BCUT2D eigenvalue weighted by atomic mass is 9.87. The Bertz CT molecular complexity index is 1240. The summed E-state index contributed by atoms with van der Waals surface area (Å²) in [6, 6.07) is 26.3. The van der Waals surface area contributed by atoms with Crippen molar-refractivity contribution in [3.63, 3.8) is 0 Å². The van der Waals surface area contributed by atoms with E-state index >= 15 is 0 Å². The first-order valence-electron chi connectivity index (χ1n) is 13.0. The van der Waals surface area contributed by atoms with Gasteiger partial charge in [0, 0.05) is 18.8 Å². The fraction of sp³-hybridized carbons (Fsp3) is 0.344. The first-order chi connectivity index (χ1) is 17.4. The van der Waals surface area contributed by atoms with E-state index in [1.165, 1.54) is 31.4 Å². The molecular formula is C32H33O3S+. The Morgan fingerprint density at radius 3 is 2.17 bits per heavy atom. The number of hydrogen-bond donors (Lipinski definition) is 0. The maximum Gasteiger partial charge on any atom is 0.312 e. The molecule has 4 heteroatoms. The predicted molar refractivity (Wildman–Crippen MR) is 143 cm³/mol. The summed E-state index contributed by atoms with van der Waals surface area (Å²) in [5.74, 6) is 0.726. The number of allylic oxidation sites excluding steroid dienone is 1. The summed E-state index contributed by atoms with van der Waals surface area (Å²) >= 11 is 0. The zero-order chi connectivity index (χ0) is 24.9. The van der Waals surface area contributed by atoms with Crippen LogP contribution in [-0.2, 0) is 31.6 Å². The van der Waals surface area contributed by atoms with E-state index in [-0.39, 0.29) is 28.7 Å². The molecule has 0 N–H and O–H groups in total. The lowest BCUT2D eigenvalue weighted by Crippen LogP contribution is -2.36. The first kappa shape index (κ1) is 23.4. The maximum atomic E-state index is 12.3. The quantitative estimate of drug-likeness (QED) is 0.188. The number of carbonyl (C=O) groups is 1. The Morgan fingerprint density at radius 1 is 0.972 bits per heavy atom. The van der Waals surface area contributed by atoms with Crippen LogP contribution < -0.4 is 0 Å². The smallest absolute Gasteiger partial charge is 0.312 e. The molecule has 0 radical (unpaired) electrons. The normalized spacial score (nSPS) is 25.9. The molecule has 3 aromatic carbocycles. The molecule has 4 atom stereocenters. The van der Waals surface area contributed by atoms with Gasteiger partial charge >= 0.3 is 5.97 Å². The highest BCUT2D eigenvalue weighted by Crippen LogP contribution is 2.61. The van der Waals surface area contributed by atoms with Crippen LogP contribution >= 0.6 is 0 Å². The highest BCUT2D eigenvalue weighted by atomic mass is 32.2. The molecule has 1 heterocycles. The van der Waals surface area contributed by atoms with Crippen molar-refractivity contribution in [1.29, 1.82) is 0 Å². The largest absolute Gasteiger partial charge is 0.457 e. The van der Waals surface area contributed by atoms with Gasteiger partial charge in [-0.1, -0.05) is 43.0 Å². The van der Waals surface area contributed by atoms with Crippen LogP contribution in [0, 0.1) is 31.6 Å².